The predicted octanol–water partition coefficient (Wildman–Crippen LogP) is 1.62. The quantitative estimate of drug-likeness (QED) is 0.537. The molecule has 16 heavy (non-hydrogen) atoms. The van der Waals surface area contributed by atoms with Gasteiger partial charge in [-0.05, 0) is 26.2 Å². The van der Waals surface area contributed by atoms with Gasteiger partial charge in [0, 0.05) is 27.2 Å². The van der Waals surface area contributed by atoms with Crippen LogP contribution in [0.4, 0.5) is 0 Å². The summed E-state index contributed by atoms with van der Waals surface area (Å²) in [5.74, 6) is 1.55. The molecule has 0 aliphatic rings. The summed E-state index contributed by atoms with van der Waals surface area (Å²) in [5, 5.41) is 6.53. The number of hydrogen-bond acceptors (Lipinski definition) is 2. The molecular formula is C12H27N3O. The lowest BCUT2D eigenvalue weighted by atomic mass is 10.1. The normalized spacial score (nSPS) is 13.1. The lowest BCUT2D eigenvalue weighted by molar-refractivity contribution is 0.0268. The van der Waals surface area contributed by atoms with E-state index in [1.165, 1.54) is 0 Å². The van der Waals surface area contributed by atoms with Crippen molar-refractivity contribution in [2.75, 3.05) is 27.2 Å². The topological polar surface area (TPSA) is 45.7 Å². The van der Waals surface area contributed by atoms with Crippen molar-refractivity contribution in [1.29, 1.82) is 0 Å². The standard InChI is InChI=1S/C12H27N3O/c1-10(2)7-8-14-11(13-5)15-9-12(3,4)16-6/h10H,7-9H2,1-6H3,(H2,13,14,15). The Hall–Kier alpha value is -0.770. The van der Waals surface area contributed by atoms with Crippen molar-refractivity contribution < 1.29 is 4.74 Å². The Morgan fingerprint density at radius 3 is 2.38 bits per heavy atom. The molecule has 0 heterocycles. The van der Waals surface area contributed by atoms with Crippen LogP contribution < -0.4 is 10.6 Å². The van der Waals surface area contributed by atoms with Gasteiger partial charge in [-0.1, -0.05) is 13.8 Å². The second kappa shape index (κ2) is 7.49. The van der Waals surface area contributed by atoms with Crippen LogP contribution in [0.2, 0.25) is 0 Å². The number of hydrogen-bond donors (Lipinski definition) is 2. The summed E-state index contributed by atoms with van der Waals surface area (Å²) in [7, 11) is 3.50. The summed E-state index contributed by atoms with van der Waals surface area (Å²) in [6.07, 6.45) is 1.15. The molecule has 0 amide bonds. The molecule has 0 radical (unpaired) electrons. The van der Waals surface area contributed by atoms with Gasteiger partial charge in [0.2, 0.25) is 0 Å². The molecule has 0 spiro atoms. The van der Waals surface area contributed by atoms with Crippen molar-refractivity contribution in [3.63, 3.8) is 0 Å². The van der Waals surface area contributed by atoms with Crippen LogP contribution in [0.5, 0.6) is 0 Å². The van der Waals surface area contributed by atoms with E-state index in [0.29, 0.717) is 5.92 Å². The van der Waals surface area contributed by atoms with Gasteiger partial charge in [0.05, 0.1) is 5.60 Å². The molecule has 2 N–H and O–H groups in total. The molecule has 0 aromatic heterocycles. The highest BCUT2D eigenvalue weighted by Gasteiger charge is 2.16. The minimum Gasteiger partial charge on any atom is -0.377 e. The number of aliphatic imine (C=N–C) groups is 1. The first-order chi connectivity index (χ1) is 7.41. The molecule has 4 nitrogen and oxygen atoms in total. The van der Waals surface area contributed by atoms with Crippen LogP contribution in [0.25, 0.3) is 0 Å². The summed E-state index contributed by atoms with van der Waals surface area (Å²) in [4.78, 5) is 4.16. The van der Waals surface area contributed by atoms with Crippen LogP contribution in [0.15, 0.2) is 4.99 Å². The van der Waals surface area contributed by atoms with Gasteiger partial charge in [0.15, 0.2) is 5.96 Å². The highest BCUT2D eigenvalue weighted by molar-refractivity contribution is 5.79. The Labute approximate surface area is 99.9 Å². The molecule has 0 saturated carbocycles. The molecule has 0 aliphatic heterocycles. The van der Waals surface area contributed by atoms with Crippen molar-refractivity contribution in [2.45, 2.75) is 39.7 Å². The Morgan fingerprint density at radius 2 is 1.94 bits per heavy atom. The number of nitrogens with zero attached hydrogens (tertiary/aromatic N) is 1. The maximum atomic E-state index is 5.33. The van der Waals surface area contributed by atoms with Crippen LogP contribution in [-0.2, 0) is 4.74 Å². The van der Waals surface area contributed by atoms with Gasteiger partial charge in [-0.3, -0.25) is 4.99 Å². The van der Waals surface area contributed by atoms with E-state index >= 15 is 0 Å². The Kier molecular flexibility index (Phi) is 7.13. The van der Waals surface area contributed by atoms with Gasteiger partial charge < -0.3 is 15.4 Å². The Bertz CT molecular complexity index is 212. The largest absolute Gasteiger partial charge is 0.377 e. The van der Waals surface area contributed by atoms with Crippen LogP contribution in [0.3, 0.4) is 0 Å². The minimum absolute atomic E-state index is 0.171. The van der Waals surface area contributed by atoms with E-state index in [9.17, 15) is 0 Å². The SMILES string of the molecule is CN=C(NCCC(C)C)NCC(C)(C)OC. The van der Waals surface area contributed by atoms with E-state index in [1.54, 1.807) is 14.2 Å². The van der Waals surface area contributed by atoms with Crippen molar-refractivity contribution >= 4 is 5.96 Å². The maximum Gasteiger partial charge on any atom is 0.191 e. The molecule has 0 bridgehead atoms. The second-order valence-corrected chi connectivity index (χ2v) is 5.00. The fraction of sp³-hybridized carbons (Fsp3) is 0.917. The zero-order valence-electron chi connectivity index (χ0n) is 11.6. The summed E-state index contributed by atoms with van der Waals surface area (Å²) in [6, 6.07) is 0. The molecule has 0 unspecified atom stereocenters. The summed E-state index contributed by atoms with van der Waals surface area (Å²) < 4.78 is 5.33. The fourth-order valence-electron chi connectivity index (χ4n) is 1.07. The molecule has 0 saturated heterocycles. The zero-order valence-corrected chi connectivity index (χ0v) is 11.6. The fourth-order valence-corrected chi connectivity index (χ4v) is 1.07. The Balaban J connectivity index is 3.85. The number of methoxy groups -OCH3 is 1. The van der Waals surface area contributed by atoms with Gasteiger partial charge in [0.25, 0.3) is 0 Å². The lowest BCUT2D eigenvalue weighted by Gasteiger charge is -2.24. The third kappa shape index (κ3) is 7.51. The third-order valence-electron chi connectivity index (χ3n) is 2.47. The van der Waals surface area contributed by atoms with Crippen molar-refractivity contribution in [2.24, 2.45) is 10.9 Å². The van der Waals surface area contributed by atoms with E-state index < -0.39 is 0 Å². The van der Waals surface area contributed by atoms with E-state index in [4.69, 9.17) is 4.74 Å². The minimum atomic E-state index is -0.171. The monoisotopic (exact) mass is 229 g/mol. The molecule has 0 atom stereocenters. The first kappa shape index (κ1) is 15.2. The second-order valence-electron chi connectivity index (χ2n) is 5.00. The molecular weight excluding hydrogens is 202 g/mol. The summed E-state index contributed by atoms with van der Waals surface area (Å²) in [5.41, 5.74) is -0.171. The van der Waals surface area contributed by atoms with E-state index in [-0.39, 0.29) is 5.60 Å². The summed E-state index contributed by atoms with van der Waals surface area (Å²) in [6.45, 7) is 10.2. The van der Waals surface area contributed by atoms with Crippen LogP contribution in [0.1, 0.15) is 34.1 Å². The van der Waals surface area contributed by atoms with Crippen LogP contribution in [-0.4, -0.2) is 38.8 Å². The molecule has 0 fully saturated rings. The van der Waals surface area contributed by atoms with E-state index in [2.05, 4.69) is 29.5 Å². The van der Waals surface area contributed by atoms with Gasteiger partial charge >= 0.3 is 0 Å². The zero-order chi connectivity index (χ0) is 12.6. The lowest BCUT2D eigenvalue weighted by Crippen LogP contribution is -2.45. The average molecular weight is 229 g/mol. The van der Waals surface area contributed by atoms with Gasteiger partial charge in [-0.15, -0.1) is 0 Å². The smallest absolute Gasteiger partial charge is 0.191 e. The maximum absolute atomic E-state index is 5.33. The number of guanidine groups is 1. The van der Waals surface area contributed by atoms with Gasteiger partial charge in [-0.25, -0.2) is 0 Å². The van der Waals surface area contributed by atoms with E-state index in [0.717, 1.165) is 25.5 Å². The third-order valence-corrected chi connectivity index (χ3v) is 2.47. The van der Waals surface area contributed by atoms with Crippen molar-refractivity contribution in [3.05, 3.63) is 0 Å². The van der Waals surface area contributed by atoms with Crippen molar-refractivity contribution in [3.8, 4) is 0 Å². The number of nitrogens with one attached hydrogen (secondary N) is 2. The van der Waals surface area contributed by atoms with Crippen LogP contribution in [0, 0.1) is 5.92 Å². The molecule has 96 valence electrons. The van der Waals surface area contributed by atoms with Gasteiger partial charge in [-0.2, -0.15) is 0 Å². The molecule has 0 aliphatic carbocycles. The van der Waals surface area contributed by atoms with E-state index in [1.807, 2.05) is 13.8 Å². The Morgan fingerprint density at radius 1 is 1.31 bits per heavy atom. The molecule has 0 aromatic rings. The number of rotatable bonds is 6. The van der Waals surface area contributed by atoms with Crippen molar-refractivity contribution in [1.82, 2.24) is 10.6 Å². The molecule has 0 aromatic carbocycles. The molecule has 4 heteroatoms. The van der Waals surface area contributed by atoms with Gasteiger partial charge in [0.1, 0.15) is 0 Å². The molecule has 0 rings (SSSR count). The average Bonchev–Trinajstić information content (AvgIpc) is 2.22. The first-order valence-electron chi connectivity index (χ1n) is 5.91. The van der Waals surface area contributed by atoms with Crippen LogP contribution >= 0.6 is 0 Å². The highest BCUT2D eigenvalue weighted by atomic mass is 16.5. The number of ether oxygens (including phenoxy) is 1. The highest BCUT2D eigenvalue weighted by Crippen LogP contribution is 2.04. The predicted molar refractivity (Wildman–Crippen MR) is 69.9 cm³/mol. The summed E-state index contributed by atoms with van der Waals surface area (Å²) >= 11 is 0. The first-order valence-corrected chi connectivity index (χ1v) is 5.91.